The Labute approximate surface area is 120 Å². The van der Waals surface area contributed by atoms with Crippen molar-refractivity contribution in [2.24, 2.45) is 16.7 Å². The van der Waals surface area contributed by atoms with Crippen LogP contribution in [0.1, 0.15) is 103 Å². The molecule has 0 nitrogen and oxygen atoms in total. The van der Waals surface area contributed by atoms with Crippen LogP contribution < -0.4 is 0 Å². The van der Waals surface area contributed by atoms with E-state index in [-0.39, 0.29) is 0 Å². The van der Waals surface area contributed by atoms with Crippen molar-refractivity contribution < 1.29 is 0 Å². The highest BCUT2D eigenvalue weighted by atomic mass is 14.6. The standard InChI is InChI=1S/C19H34/c1-18(13-7-3-8-14-18)19(15-9-4-10-16-19)17-11-5-2-6-12-17/h17H,2-16H2,1H3. The van der Waals surface area contributed by atoms with Gasteiger partial charge in [0.05, 0.1) is 0 Å². The summed E-state index contributed by atoms with van der Waals surface area (Å²) in [5.41, 5.74) is 1.46. The summed E-state index contributed by atoms with van der Waals surface area (Å²) in [6.45, 7) is 2.70. The zero-order valence-corrected chi connectivity index (χ0v) is 13.2. The van der Waals surface area contributed by atoms with E-state index in [1.54, 1.807) is 38.5 Å². The summed E-state index contributed by atoms with van der Waals surface area (Å²) in [5.74, 6) is 1.09. The maximum Gasteiger partial charge on any atom is -0.0215 e. The van der Waals surface area contributed by atoms with E-state index < -0.39 is 0 Å². The van der Waals surface area contributed by atoms with Crippen LogP contribution in [0.4, 0.5) is 0 Å². The predicted octanol–water partition coefficient (Wildman–Crippen LogP) is 6.49. The van der Waals surface area contributed by atoms with Crippen LogP contribution in [0, 0.1) is 16.7 Å². The number of hydrogen-bond donors (Lipinski definition) is 0. The lowest BCUT2D eigenvalue weighted by Gasteiger charge is -2.58. The van der Waals surface area contributed by atoms with Gasteiger partial charge in [0.15, 0.2) is 0 Å². The Morgan fingerprint density at radius 2 is 1.05 bits per heavy atom. The zero-order chi connectivity index (χ0) is 13.2. The van der Waals surface area contributed by atoms with E-state index in [9.17, 15) is 0 Å². The Morgan fingerprint density at radius 1 is 0.579 bits per heavy atom. The molecule has 0 atom stereocenters. The number of rotatable bonds is 2. The maximum atomic E-state index is 2.70. The topological polar surface area (TPSA) is 0 Å². The quantitative estimate of drug-likeness (QED) is 0.533. The highest BCUT2D eigenvalue weighted by Crippen LogP contribution is 2.62. The van der Waals surface area contributed by atoms with Gasteiger partial charge in [-0.1, -0.05) is 64.7 Å². The van der Waals surface area contributed by atoms with Crippen molar-refractivity contribution in [3.8, 4) is 0 Å². The SMILES string of the molecule is CC1(C2(C3CCCCC3)CCCCC2)CCCCC1. The molecule has 0 aromatic rings. The summed E-state index contributed by atoms with van der Waals surface area (Å²) in [7, 11) is 0. The fraction of sp³-hybridized carbons (Fsp3) is 1.00. The average molecular weight is 262 g/mol. The zero-order valence-electron chi connectivity index (χ0n) is 13.2. The van der Waals surface area contributed by atoms with Gasteiger partial charge in [-0.25, -0.2) is 0 Å². The second kappa shape index (κ2) is 5.78. The lowest BCUT2D eigenvalue weighted by Crippen LogP contribution is -2.48. The van der Waals surface area contributed by atoms with E-state index >= 15 is 0 Å². The first-order valence-corrected chi connectivity index (χ1v) is 9.27. The van der Waals surface area contributed by atoms with E-state index in [2.05, 4.69) is 6.92 Å². The molecular weight excluding hydrogens is 228 g/mol. The van der Waals surface area contributed by atoms with Crippen LogP contribution >= 0.6 is 0 Å². The summed E-state index contributed by atoms with van der Waals surface area (Å²) in [6, 6.07) is 0. The Hall–Kier alpha value is 0. The third-order valence-corrected chi connectivity index (χ3v) is 7.29. The third-order valence-electron chi connectivity index (χ3n) is 7.29. The molecule has 0 aromatic heterocycles. The highest BCUT2D eigenvalue weighted by molar-refractivity contribution is 5.02. The Kier molecular flexibility index (Phi) is 4.25. The molecule has 0 aliphatic heterocycles. The van der Waals surface area contributed by atoms with E-state index in [1.807, 2.05) is 0 Å². The van der Waals surface area contributed by atoms with Crippen LogP contribution in [0.25, 0.3) is 0 Å². The summed E-state index contributed by atoms with van der Waals surface area (Å²) in [5, 5.41) is 0. The minimum Gasteiger partial charge on any atom is -0.0591 e. The molecule has 19 heavy (non-hydrogen) atoms. The van der Waals surface area contributed by atoms with Crippen LogP contribution in [0.5, 0.6) is 0 Å². The molecule has 110 valence electrons. The normalized spacial score (nSPS) is 32.1. The summed E-state index contributed by atoms with van der Waals surface area (Å²) >= 11 is 0. The van der Waals surface area contributed by atoms with Gasteiger partial charge in [-0.3, -0.25) is 0 Å². The highest BCUT2D eigenvalue weighted by Gasteiger charge is 2.52. The molecule has 0 N–H and O–H groups in total. The van der Waals surface area contributed by atoms with Crippen molar-refractivity contribution >= 4 is 0 Å². The van der Waals surface area contributed by atoms with Gasteiger partial charge in [0.1, 0.15) is 0 Å². The molecule has 0 spiro atoms. The van der Waals surface area contributed by atoms with Crippen molar-refractivity contribution in [1.29, 1.82) is 0 Å². The van der Waals surface area contributed by atoms with E-state index in [0.717, 1.165) is 11.3 Å². The molecule has 3 aliphatic rings. The van der Waals surface area contributed by atoms with Crippen LogP contribution in [-0.4, -0.2) is 0 Å². The molecule has 3 rings (SSSR count). The first kappa shape index (κ1) is 14.0. The Morgan fingerprint density at radius 3 is 1.63 bits per heavy atom. The molecule has 0 heterocycles. The van der Waals surface area contributed by atoms with Crippen molar-refractivity contribution in [3.05, 3.63) is 0 Å². The van der Waals surface area contributed by atoms with E-state index in [1.165, 1.54) is 57.8 Å². The largest absolute Gasteiger partial charge is 0.0591 e. The lowest BCUT2D eigenvalue weighted by molar-refractivity contribution is -0.0793. The summed E-state index contributed by atoms with van der Waals surface area (Å²) < 4.78 is 0. The molecule has 3 fully saturated rings. The van der Waals surface area contributed by atoms with Crippen LogP contribution in [0.15, 0.2) is 0 Å². The van der Waals surface area contributed by atoms with Gasteiger partial charge in [-0.2, -0.15) is 0 Å². The summed E-state index contributed by atoms with van der Waals surface area (Å²) in [6.07, 6.45) is 23.1. The molecule has 0 bridgehead atoms. The van der Waals surface area contributed by atoms with Gasteiger partial charge >= 0.3 is 0 Å². The van der Waals surface area contributed by atoms with Gasteiger partial charge in [0, 0.05) is 0 Å². The van der Waals surface area contributed by atoms with Crippen LogP contribution in [0.2, 0.25) is 0 Å². The molecule has 0 aromatic carbocycles. The van der Waals surface area contributed by atoms with Gasteiger partial charge < -0.3 is 0 Å². The van der Waals surface area contributed by atoms with Crippen molar-refractivity contribution in [3.63, 3.8) is 0 Å². The minimum atomic E-state index is 0.702. The second-order valence-corrected chi connectivity index (χ2v) is 8.17. The molecule has 0 heteroatoms. The molecule has 0 radical (unpaired) electrons. The van der Waals surface area contributed by atoms with Gasteiger partial charge in [0.25, 0.3) is 0 Å². The molecule has 0 amide bonds. The minimum absolute atomic E-state index is 0.702. The van der Waals surface area contributed by atoms with Gasteiger partial charge in [-0.15, -0.1) is 0 Å². The average Bonchev–Trinajstić information content (AvgIpc) is 2.49. The summed E-state index contributed by atoms with van der Waals surface area (Å²) in [4.78, 5) is 0. The van der Waals surface area contributed by atoms with Gasteiger partial charge in [-0.05, 0) is 55.3 Å². The fourth-order valence-electron chi connectivity index (χ4n) is 6.17. The monoisotopic (exact) mass is 262 g/mol. The lowest BCUT2D eigenvalue weighted by atomic mass is 9.47. The Balaban J connectivity index is 1.86. The maximum absolute atomic E-state index is 2.70. The molecule has 0 saturated heterocycles. The second-order valence-electron chi connectivity index (χ2n) is 8.17. The van der Waals surface area contributed by atoms with Crippen molar-refractivity contribution in [2.75, 3.05) is 0 Å². The van der Waals surface area contributed by atoms with Crippen molar-refractivity contribution in [1.82, 2.24) is 0 Å². The third kappa shape index (κ3) is 2.49. The van der Waals surface area contributed by atoms with E-state index in [4.69, 9.17) is 0 Å². The number of hydrogen-bond acceptors (Lipinski definition) is 0. The first-order valence-electron chi connectivity index (χ1n) is 9.27. The molecule has 0 unspecified atom stereocenters. The van der Waals surface area contributed by atoms with Gasteiger partial charge in [0.2, 0.25) is 0 Å². The first-order chi connectivity index (χ1) is 9.27. The predicted molar refractivity (Wildman–Crippen MR) is 83.3 cm³/mol. The fourth-order valence-corrected chi connectivity index (χ4v) is 6.17. The molecule has 3 aliphatic carbocycles. The van der Waals surface area contributed by atoms with Crippen molar-refractivity contribution in [2.45, 2.75) is 103 Å². The van der Waals surface area contributed by atoms with Crippen LogP contribution in [-0.2, 0) is 0 Å². The van der Waals surface area contributed by atoms with E-state index in [0.29, 0.717) is 5.41 Å². The molecule has 3 saturated carbocycles. The Bertz CT molecular complexity index is 272. The molecular formula is C19H34. The van der Waals surface area contributed by atoms with Crippen LogP contribution in [0.3, 0.4) is 0 Å². The smallest absolute Gasteiger partial charge is 0.0215 e.